The van der Waals surface area contributed by atoms with Gasteiger partial charge in [-0.2, -0.15) is 0 Å². The van der Waals surface area contributed by atoms with Crippen molar-refractivity contribution in [3.05, 3.63) is 58.5 Å². The summed E-state index contributed by atoms with van der Waals surface area (Å²) < 4.78 is 0. The van der Waals surface area contributed by atoms with Crippen LogP contribution in [-0.2, 0) is 6.54 Å². The quantitative estimate of drug-likeness (QED) is 0.726. The molecule has 0 bridgehead atoms. The van der Waals surface area contributed by atoms with Crippen LogP contribution in [0.15, 0.2) is 47.9 Å². The highest BCUT2D eigenvalue weighted by Crippen LogP contribution is 2.29. The van der Waals surface area contributed by atoms with E-state index in [1.807, 2.05) is 30.5 Å². The van der Waals surface area contributed by atoms with E-state index in [-0.39, 0.29) is 6.17 Å². The number of benzene rings is 1. The lowest BCUT2D eigenvalue weighted by atomic mass is 9.98. The Labute approximate surface area is 156 Å². The first-order valence-electron chi connectivity index (χ1n) is 9.19. The van der Waals surface area contributed by atoms with Gasteiger partial charge >= 0.3 is 0 Å². The second kappa shape index (κ2) is 8.15. The average Bonchev–Trinajstić information content (AvgIpc) is 3.14. The maximum Gasteiger partial charge on any atom is 0.122 e. The number of nitrogens with two attached hydrogens (primary N) is 1. The summed E-state index contributed by atoms with van der Waals surface area (Å²) in [5.41, 5.74) is 9.28. The summed E-state index contributed by atoms with van der Waals surface area (Å²) in [6, 6.07) is 8.37. The number of rotatable bonds is 6. The molecule has 3 rings (SSSR count). The lowest BCUT2D eigenvalue weighted by Gasteiger charge is -2.36. The number of halogens is 1. The van der Waals surface area contributed by atoms with Crippen molar-refractivity contribution in [2.24, 2.45) is 11.7 Å². The van der Waals surface area contributed by atoms with Crippen LogP contribution in [-0.4, -0.2) is 24.2 Å². The molecule has 1 aliphatic heterocycles. The first-order valence-corrected chi connectivity index (χ1v) is 9.57. The van der Waals surface area contributed by atoms with Crippen LogP contribution in [0, 0.1) is 5.92 Å². The largest absolute Gasteiger partial charge is 0.397 e. The molecule has 5 heteroatoms. The zero-order valence-corrected chi connectivity index (χ0v) is 15.9. The third-order valence-corrected chi connectivity index (χ3v) is 5.78. The summed E-state index contributed by atoms with van der Waals surface area (Å²) in [4.78, 5) is 2.15. The third kappa shape index (κ3) is 4.31. The molecule has 0 radical (unpaired) electrons. The van der Waals surface area contributed by atoms with Gasteiger partial charge in [0.2, 0.25) is 0 Å². The van der Waals surface area contributed by atoms with Crippen molar-refractivity contribution in [1.29, 1.82) is 0 Å². The number of likely N-dealkylation sites (N-methyl/N-ethyl adjacent to an activating group) is 1. The zero-order chi connectivity index (χ0) is 17.8. The Bertz CT molecular complexity index is 649. The molecule has 0 saturated heterocycles. The molecule has 25 heavy (non-hydrogen) atoms. The van der Waals surface area contributed by atoms with Crippen molar-refractivity contribution < 1.29 is 0 Å². The number of hydrogen-bond acceptors (Lipinski definition) is 4. The first kappa shape index (κ1) is 18.2. The van der Waals surface area contributed by atoms with E-state index in [0.717, 1.165) is 27.9 Å². The minimum Gasteiger partial charge on any atom is -0.397 e. The van der Waals surface area contributed by atoms with Gasteiger partial charge in [-0.05, 0) is 43.4 Å². The van der Waals surface area contributed by atoms with Crippen molar-refractivity contribution in [3.8, 4) is 0 Å². The van der Waals surface area contributed by atoms with Gasteiger partial charge in [0.05, 0.1) is 11.4 Å². The van der Waals surface area contributed by atoms with Gasteiger partial charge in [-0.25, -0.2) is 0 Å². The number of hydrogen-bond donors (Lipinski definition) is 3. The van der Waals surface area contributed by atoms with Crippen LogP contribution in [0.25, 0.3) is 0 Å². The predicted octanol–water partition coefficient (Wildman–Crippen LogP) is 3.55. The van der Waals surface area contributed by atoms with Crippen LogP contribution in [0.2, 0.25) is 5.02 Å². The van der Waals surface area contributed by atoms with Gasteiger partial charge in [0, 0.05) is 30.9 Å². The fraction of sp³-hybridized carbons (Fsp3) is 0.500. The van der Waals surface area contributed by atoms with E-state index in [2.05, 4.69) is 35.6 Å². The summed E-state index contributed by atoms with van der Waals surface area (Å²) in [5, 5.41) is 8.09. The number of nitrogens with zero attached hydrogens (tertiary/aromatic N) is 1. The Hall–Kier alpha value is -1.65. The van der Waals surface area contributed by atoms with Crippen molar-refractivity contribution in [2.45, 2.75) is 51.4 Å². The monoisotopic (exact) mass is 360 g/mol. The first-order chi connectivity index (χ1) is 12.1. The Morgan fingerprint density at radius 1 is 1.28 bits per heavy atom. The lowest BCUT2D eigenvalue weighted by molar-refractivity contribution is 0.277. The molecule has 136 valence electrons. The molecule has 2 unspecified atom stereocenters. The van der Waals surface area contributed by atoms with E-state index in [1.54, 1.807) is 0 Å². The van der Waals surface area contributed by atoms with Gasteiger partial charge in [0.15, 0.2) is 0 Å². The molecule has 0 spiro atoms. The summed E-state index contributed by atoms with van der Waals surface area (Å²) in [5.74, 6) is 0.737. The van der Waals surface area contributed by atoms with Gasteiger partial charge in [-0.3, -0.25) is 5.32 Å². The molecular formula is C20H29ClN4. The van der Waals surface area contributed by atoms with E-state index < -0.39 is 0 Å². The Kier molecular flexibility index (Phi) is 5.92. The molecule has 1 heterocycles. The van der Waals surface area contributed by atoms with Crippen molar-refractivity contribution in [2.75, 3.05) is 7.05 Å². The molecule has 1 aliphatic carbocycles. The van der Waals surface area contributed by atoms with Crippen LogP contribution in [0.5, 0.6) is 0 Å². The molecule has 1 aromatic carbocycles. The maximum absolute atomic E-state index is 6.32. The normalized spacial score (nSPS) is 22.5. The summed E-state index contributed by atoms with van der Waals surface area (Å²) in [6.07, 6.45) is 9.32. The van der Waals surface area contributed by atoms with E-state index in [0.29, 0.717) is 12.6 Å². The average molecular weight is 361 g/mol. The van der Waals surface area contributed by atoms with Crippen LogP contribution in [0.1, 0.15) is 38.2 Å². The standard InChI is InChI=1S/C20H29ClN4/c1-14(15-7-3-4-8-15)24-19-18(22)11-12-25(2)20(19)23-13-16-9-5-6-10-17(16)21/h5-6,9-12,14-15,20,23-24H,3-4,7-8,13,22H2,1-2H3. The van der Waals surface area contributed by atoms with Crippen LogP contribution >= 0.6 is 11.6 Å². The van der Waals surface area contributed by atoms with E-state index >= 15 is 0 Å². The molecule has 2 atom stereocenters. The molecule has 4 nitrogen and oxygen atoms in total. The minimum atomic E-state index is 0.0186. The maximum atomic E-state index is 6.32. The summed E-state index contributed by atoms with van der Waals surface area (Å²) >= 11 is 6.29. The molecule has 1 aromatic rings. The Balaban J connectivity index is 1.71. The van der Waals surface area contributed by atoms with Gasteiger partial charge in [-0.15, -0.1) is 0 Å². The second-order valence-corrected chi connectivity index (χ2v) is 7.61. The minimum absolute atomic E-state index is 0.0186. The number of nitrogens with one attached hydrogen (secondary N) is 2. The molecule has 0 aromatic heterocycles. The van der Waals surface area contributed by atoms with E-state index in [9.17, 15) is 0 Å². The highest BCUT2D eigenvalue weighted by atomic mass is 35.5. The summed E-state index contributed by atoms with van der Waals surface area (Å²) in [6.45, 7) is 2.97. The second-order valence-electron chi connectivity index (χ2n) is 7.20. The van der Waals surface area contributed by atoms with Gasteiger partial charge in [-0.1, -0.05) is 42.6 Å². The Morgan fingerprint density at radius 3 is 2.72 bits per heavy atom. The van der Waals surface area contributed by atoms with Crippen molar-refractivity contribution >= 4 is 11.6 Å². The van der Waals surface area contributed by atoms with E-state index in [4.69, 9.17) is 17.3 Å². The molecular weight excluding hydrogens is 332 g/mol. The Morgan fingerprint density at radius 2 is 2.00 bits per heavy atom. The fourth-order valence-electron chi connectivity index (χ4n) is 3.81. The van der Waals surface area contributed by atoms with Crippen LogP contribution in [0.3, 0.4) is 0 Å². The SMILES string of the molecule is CC(NC1=C(N)C=CN(C)C1NCc1ccccc1Cl)C1CCCC1. The molecule has 1 fully saturated rings. The topological polar surface area (TPSA) is 53.3 Å². The summed E-state index contributed by atoms with van der Waals surface area (Å²) in [7, 11) is 2.06. The van der Waals surface area contributed by atoms with Crippen LogP contribution < -0.4 is 16.4 Å². The van der Waals surface area contributed by atoms with Gasteiger partial charge < -0.3 is 16.0 Å². The van der Waals surface area contributed by atoms with E-state index in [1.165, 1.54) is 25.7 Å². The third-order valence-electron chi connectivity index (χ3n) is 5.41. The highest BCUT2D eigenvalue weighted by molar-refractivity contribution is 6.31. The molecule has 2 aliphatic rings. The highest BCUT2D eigenvalue weighted by Gasteiger charge is 2.27. The zero-order valence-electron chi connectivity index (χ0n) is 15.1. The van der Waals surface area contributed by atoms with Crippen molar-refractivity contribution in [1.82, 2.24) is 15.5 Å². The lowest BCUT2D eigenvalue weighted by Crippen LogP contribution is -2.50. The molecule has 4 N–H and O–H groups in total. The molecule has 1 saturated carbocycles. The smallest absolute Gasteiger partial charge is 0.122 e. The fourth-order valence-corrected chi connectivity index (χ4v) is 4.02. The van der Waals surface area contributed by atoms with Gasteiger partial charge in [0.1, 0.15) is 6.17 Å². The van der Waals surface area contributed by atoms with Crippen molar-refractivity contribution in [3.63, 3.8) is 0 Å². The van der Waals surface area contributed by atoms with Crippen LogP contribution in [0.4, 0.5) is 0 Å². The van der Waals surface area contributed by atoms with Gasteiger partial charge in [0.25, 0.3) is 0 Å². The predicted molar refractivity (Wildman–Crippen MR) is 105 cm³/mol. The molecule has 0 amide bonds. The number of allylic oxidation sites excluding steroid dienone is 1.